The Balaban J connectivity index is 1.63. The molecule has 2 rings (SSSR count). The highest BCUT2D eigenvalue weighted by Gasteiger charge is 2.14. The van der Waals surface area contributed by atoms with Gasteiger partial charge in [0.1, 0.15) is 5.75 Å². The molecule has 0 atom stereocenters. The third-order valence-corrected chi connectivity index (χ3v) is 4.64. The zero-order chi connectivity index (χ0) is 17.2. The van der Waals surface area contributed by atoms with Gasteiger partial charge in [0.25, 0.3) is 0 Å². The van der Waals surface area contributed by atoms with Crippen LogP contribution >= 0.6 is 0 Å². The zero-order valence-electron chi connectivity index (χ0n) is 15.3. The quantitative estimate of drug-likeness (QED) is 0.457. The molecule has 0 amide bonds. The number of hydrogen-bond acceptors (Lipinski definition) is 3. The fourth-order valence-corrected chi connectivity index (χ4v) is 2.98. The van der Waals surface area contributed by atoms with Crippen molar-refractivity contribution in [3.63, 3.8) is 0 Å². The Morgan fingerprint density at radius 3 is 2.79 bits per heavy atom. The molecule has 1 heterocycles. The lowest BCUT2D eigenvalue weighted by Crippen LogP contribution is -2.39. The summed E-state index contributed by atoms with van der Waals surface area (Å²) in [6.45, 7) is 7.72. The predicted octanol–water partition coefficient (Wildman–Crippen LogP) is 2.48. The molecule has 0 radical (unpaired) electrons. The molecule has 1 saturated heterocycles. The second-order valence-electron chi connectivity index (χ2n) is 6.58. The van der Waals surface area contributed by atoms with Gasteiger partial charge in [-0.3, -0.25) is 4.99 Å². The van der Waals surface area contributed by atoms with Crippen molar-refractivity contribution in [3.05, 3.63) is 29.8 Å². The molecule has 134 valence electrons. The van der Waals surface area contributed by atoms with Gasteiger partial charge in [0.05, 0.1) is 7.11 Å². The third kappa shape index (κ3) is 6.40. The molecule has 0 spiro atoms. The van der Waals surface area contributed by atoms with Gasteiger partial charge in [-0.1, -0.05) is 19.1 Å². The van der Waals surface area contributed by atoms with Gasteiger partial charge in [-0.15, -0.1) is 0 Å². The maximum atomic E-state index is 5.25. The molecule has 5 nitrogen and oxygen atoms in total. The average molecular weight is 332 g/mol. The fraction of sp³-hybridized carbons (Fsp3) is 0.632. The van der Waals surface area contributed by atoms with Gasteiger partial charge in [-0.05, 0) is 62.5 Å². The number of benzene rings is 1. The largest absolute Gasteiger partial charge is 0.497 e. The summed E-state index contributed by atoms with van der Waals surface area (Å²) < 4.78 is 5.25. The number of rotatable bonds is 7. The smallest absolute Gasteiger partial charge is 0.191 e. The number of ether oxygens (including phenoxy) is 1. The standard InChI is InChI=1S/C19H32N4O/c1-16-8-12-23(13-9-16)11-5-10-21-19(20-2)22-15-17-6-4-7-18(14-17)24-3/h4,6-7,14,16H,5,8-13,15H2,1-3H3,(H2,20,21,22). The third-order valence-electron chi connectivity index (χ3n) is 4.64. The van der Waals surface area contributed by atoms with Gasteiger partial charge < -0.3 is 20.3 Å². The van der Waals surface area contributed by atoms with Gasteiger partial charge in [-0.2, -0.15) is 0 Å². The summed E-state index contributed by atoms with van der Waals surface area (Å²) in [6.07, 6.45) is 3.84. The number of aliphatic imine (C=N–C) groups is 1. The van der Waals surface area contributed by atoms with Crippen molar-refractivity contribution in [3.8, 4) is 5.75 Å². The topological polar surface area (TPSA) is 48.9 Å². The minimum absolute atomic E-state index is 0.737. The number of likely N-dealkylation sites (tertiary alicyclic amines) is 1. The first kappa shape index (κ1) is 18.6. The van der Waals surface area contributed by atoms with Gasteiger partial charge in [0.15, 0.2) is 5.96 Å². The maximum absolute atomic E-state index is 5.25. The van der Waals surface area contributed by atoms with E-state index in [9.17, 15) is 0 Å². The summed E-state index contributed by atoms with van der Waals surface area (Å²) in [5.74, 6) is 2.64. The van der Waals surface area contributed by atoms with Crippen LogP contribution in [0.3, 0.4) is 0 Å². The molecule has 24 heavy (non-hydrogen) atoms. The minimum Gasteiger partial charge on any atom is -0.497 e. The first-order chi connectivity index (χ1) is 11.7. The number of piperidine rings is 1. The number of nitrogens with one attached hydrogen (secondary N) is 2. The van der Waals surface area contributed by atoms with Crippen LogP contribution in [-0.2, 0) is 6.54 Å². The Labute approximate surface area is 146 Å². The summed E-state index contributed by atoms with van der Waals surface area (Å²) in [5.41, 5.74) is 1.18. The summed E-state index contributed by atoms with van der Waals surface area (Å²) >= 11 is 0. The number of hydrogen-bond donors (Lipinski definition) is 2. The van der Waals surface area contributed by atoms with E-state index in [4.69, 9.17) is 4.74 Å². The molecular weight excluding hydrogens is 300 g/mol. The van der Waals surface area contributed by atoms with Crippen LogP contribution in [0.15, 0.2) is 29.3 Å². The van der Waals surface area contributed by atoms with E-state index in [0.29, 0.717) is 0 Å². The molecule has 0 aliphatic carbocycles. The lowest BCUT2D eigenvalue weighted by molar-refractivity contribution is 0.191. The van der Waals surface area contributed by atoms with Crippen molar-refractivity contribution in [2.45, 2.75) is 32.7 Å². The van der Waals surface area contributed by atoms with Crippen molar-refractivity contribution in [1.29, 1.82) is 0 Å². The van der Waals surface area contributed by atoms with Crippen LogP contribution in [0.4, 0.5) is 0 Å². The summed E-state index contributed by atoms with van der Waals surface area (Å²) in [4.78, 5) is 6.87. The maximum Gasteiger partial charge on any atom is 0.191 e. The Hall–Kier alpha value is -1.75. The number of nitrogens with zero attached hydrogens (tertiary/aromatic N) is 2. The van der Waals surface area contributed by atoms with Crippen LogP contribution in [0.2, 0.25) is 0 Å². The molecule has 1 aromatic carbocycles. The van der Waals surface area contributed by atoms with Gasteiger partial charge >= 0.3 is 0 Å². The molecule has 1 fully saturated rings. The Bertz CT molecular complexity index is 510. The van der Waals surface area contributed by atoms with Gasteiger partial charge in [0.2, 0.25) is 0 Å². The van der Waals surface area contributed by atoms with Crippen molar-refractivity contribution in [2.75, 3.05) is 40.3 Å². The lowest BCUT2D eigenvalue weighted by atomic mass is 9.99. The second kappa shape index (κ2) is 10.2. The molecule has 0 bridgehead atoms. The normalized spacial score (nSPS) is 16.9. The minimum atomic E-state index is 0.737. The van der Waals surface area contributed by atoms with E-state index in [-0.39, 0.29) is 0 Å². The van der Waals surface area contributed by atoms with Gasteiger partial charge in [-0.25, -0.2) is 0 Å². The number of methoxy groups -OCH3 is 1. The molecule has 0 saturated carbocycles. The lowest BCUT2D eigenvalue weighted by Gasteiger charge is -2.30. The molecule has 0 aromatic heterocycles. The molecule has 1 aliphatic heterocycles. The first-order valence-electron chi connectivity index (χ1n) is 9.01. The average Bonchev–Trinajstić information content (AvgIpc) is 2.63. The number of guanidine groups is 1. The Morgan fingerprint density at radius 2 is 2.08 bits per heavy atom. The summed E-state index contributed by atoms with van der Waals surface area (Å²) in [5, 5.41) is 6.75. The van der Waals surface area contributed by atoms with Crippen molar-refractivity contribution in [1.82, 2.24) is 15.5 Å². The van der Waals surface area contributed by atoms with Crippen molar-refractivity contribution in [2.24, 2.45) is 10.9 Å². The van der Waals surface area contributed by atoms with E-state index in [1.807, 2.05) is 25.2 Å². The second-order valence-corrected chi connectivity index (χ2v) is 6.58. The first-order valence-corrected chi connectivity index (χ1v) is 9.01. The zero-order valence-corrected chi connectivity index (χ0v) is 15.3. The fourth-order valence-electron chi connectivity index (χ4n) is 2.98. The SMILES string of the molecule is CN=C(NCCCN1CCC(C)CC1)NCc1cccc(OC)c1. The highest BCUT2D eigenvalue weighted by Crippen LogP contribution is 2.15. The molecule has 5 heteroatoms. The van der Waals surface area contributed by atoms with E-state index >= 15 is 0 Å². The van der Waals surface area contributed by atoms with Crippen molar-refractivity contribution < 1.29 is 4.74 Å². The van der Waals surface area contributed by atoms with Crippen molar-refractivity contribution >= 4 is 5.96 Å². The van der Waals surface area contributed by atoms with Crippen LogP contribution in [-0.4, -0.2) is 51.2 Å². The van der Waals surface area contributed by atoms with Crippen LogP contribution in [0.25, 0.3) is 0 Å². The van der Waals surface area contributed by atoms with Crippen LogP contribution in [0.5, 0.6) is 5.75 Å². The molecular formula is C19H32N4O. The molecule has 1 aromatic rings. The predicted molar refractivity (Wildman–Crippen MR) is 101 cm³/mol. The van der Waals surface area contributed by atoms with E-state index < -0.39 is 0 Å². The molecule has 2 N–H and O–H groups in total. The van der Waals surface area contributed by atoms with E-state index in [1.165, 1.54) is 38.0 Å². The van der Waals surface area contributed by atoms with Crippen LogP contribution < -0.4 is 15.4 Å². The van der Waals surface area contributed by atoms with E-state index in [2.05, 4.69) is 33.5 Å². The van der Waals surface area contributed by atoms with Crippen LogP contribution in [0, 0.1) is 5.92 Å². The van der Waals surface area contributed by atoms with E-state index in [0.717, 1.165) is 37.1 Å². The van der Waals surface area contributed by atoms with Crippen LogP contribution in [0.1, 0.15) is 31.7 Å². The monoisotopic (exact) mass is 332 g/mol. The summed E-state index contributed by atoms with van der Waals surface area (Å²) in [7, 11) is 3.50. The Morgan fingerprint density at radius 1 is 1.29 bits per heavy atom. The van der Waals surface area contributed by atoms with E-state index in [1.54, 1.807) is 7.11 Å². The van der Waals surface area contributed by atoms with Gasteiger partial charge in [0, 0.05) is 20.1 Å². The highest BCUT2D eigenvalue weighted by atomic mass is 16.5. The summed E-state index contributed by atoms with van der Waals surface area (Å²) in [6, 6.07) is 8.08. The highest BCUT2D eigenvalue weighted by molar-refractivity contribution is 5.79. The molecule has 1 aliphatic rings. The molecule has 0 unspecified atom stereocenters. The Kier molecular flexibility index (Phi) is 7.89.